The van der Waals surface area contributed by atoms with Crippen molar-refractivity contribution in [3.63, 3.8) is 0 Å². The topological polar surface area (TPSA) is 25.2 Å². The van der Waals surface area contributed by atoms with Gasteiger partial charge in [0, 0.05) is 9.86 Å². The van der Waals surface area contributed by atoms with Crippen LogP contribution in [0, 0.1) is 13.8 Å². The number of aryl methyl sites for hydroxylation is 2. The zero-order valence-corrected chi connectivity index (χ0v) is 12.3. The summed E-state index contributed by atoms with van der Waals surface area (Å²) in [5.74, 6) is 1.00. The van der Waals surface area contributed by atoms with Gasteiger partial charge in [-0.25, -0.2) is 0 Å². The van der Waals surface area contributed by atoms with Gasteiger partial charge in [0.1, 0.15) is 11.3 Å². The van der Waals surface area contributed by atoms with Crippen LogP contribution in [0.3, 0.4) is 0 Å². The molecule has 1 unspecified atom stereocenters. The Morgan fingerprint density at radius 2 is 2.06 bits per heavy atom. The van der Waals surface area contributed by atoms with Crippen LogP contribution in [0.5, 0.6) is 0 Å². The Bertz CT molecular complexity index is 545. The molecule has 1 aromatic heterocycles. The largest absolute Gasteiger partial charge is 0.459 e. The number of nitrogens with one attached hydrogen (secondary N) is 1. The maximum Gasteiger partial charge on any atom is 0.134 e. The third kappa shape index (κ3) is 2.26. The van der Waals surface area contributed by atoms with Gasteiger partial charge in [0.15, 0.2) is 0 Å². The van der Waals surface area contributed by atoms with E-state index in [-0.39, 0.29) is 6.04 Å². The molecule has 92 valence electrons. The van der Waals surface area contributed by atoms with E-state index in [9.17, 15) is 0 Å². The number of hydrogen-bond donors (Lipinski definition) is 1. The molecular weight excluding hydrogens is 278 g/mol. The van der Waals surface area contributed by atoms with Crippen LogP contribution < -0.4 is 5.32 Å². The highest BCUT2D eigenvalue weighted by Gasteiger charge is 2.14. The molecule has 2 rings (SSSR count). The first-order valence-electron chi connectivity index (χ1n) is 5.97. The van der Waals surface area contributed by atoms with Crippen molar-refractivity contribution >= 4 is 26.9 Å². The molecule has 0 aliphatic rings. The summed E-state index contributed by atoms with van der Waals surface area (Å²) in [6.45, 7) is 9.38. The van der Waals surface area contributed by atoms with E-state index in [1.807, 2.05) is 0 Å². The standard InChI is InChI=1S/C14H18BrNO/c1-5-16-10(4)12-7-11-9(3)14(15)8(2)6-13(11)17-12/h6-7,10,16H,5H2,1-4H3. The van der Waals surface area contributed by atoms with E-state index in [1.54, 1.807) is 0 Å². The molecule has 17 heavy (non-hydrogen) atoms. The van der Waals surface area contributed by atoms with Crippen LogP contribution in [0.4, 0.5) is 0 Å². The van der Waals surface area contributed by atoms with Crippen LogP contribution in [0.2, 0.25) is 0 Å². The predicted octanol–water partition coefficient (Wildman–Crippen LogP) is 4.48. The van der Waals surface area contributed by atoms with Crippen molar-refractivity contribution in [1.29, 1.82) is 0 Å². The molecule has 0 radical (unpaired) electrons. The molecule has 1 heterocycles. The Hall–Kier alpha value is -0.800. The van der Waals surface area contributed by atoms with Crippen LogP contribution in [0.25, 0.3) is 11.0 Å². The fraction of sp³-hybridized carbons (Fsp3) is 0.429. The minimum Gasteiger partial charge on any atom is -0.459 e. The molecule has 3 heteroatoms. The predicted molar refractivity (Wildman–Crippen MR) is 75.5 cm³/mol. The first kappa shape index (κ1) is 12.7. The molecule has 0 fully saturated rings. The molecule has 1 atom stereocenters. The van der Waals surface area contributed by atoms with E-state index < -0.39 is 0 Å². The van der Waals surface area contributed by atoms with E-state index in [2.05, 4.69) is 61.1 Å². The molecule has 0 amide bonds. The van der Waals surface area contributed by atoms with E-state index in [0.29, 0.717) is 0 Å². The number of hydrogen-bond acceptors (Lipinski definition) is 2. The summed E-state index contributed by atoms with van der Waals surface area (Å²) in [4.78, 5) is 0. The van der Waals surface area contributed by atoms with Gasteiger partial charge < -0.3 is 9.73 Å². The van der Waals surface area contributed by atoms with Crippen molar-refractivity contribution in [1.82, 2.24) is 5.32 Å². The lowest BCUT2D eigenvalue weighted by Gasteiger charge is -2.07. The second-order valence-corrected chi connectivity index (χ2v) is 5.27. The Labute approximate surface area is 111 Å². The SMILES string of the molecule is CCNC(C)c1cc2c(C)c(Br)c(C)cc2o1. The summed E-state index contributed by atoms with van der Waals surface area (Å²) in [5.41, 5.74) is 3.44. The molecule has 0 saturated carbocycles. The number of fused-ring (bicyclic) bond motifs is 1. The highest BCUT2D eigenvalue weighted by atomic mass is 79.9. The molecule has 1 N–H and O–H groups in total. The number of halogens is 1. The van der Waals surface area contributed by atoms with Gasteiger partial charge in [-0.1, -0.05) is 22.9 Å². The molecule has 0 bridgehead atoms. The molecule has 1 aromatic carbocycles. The molecule has 0 aliphatic carbocycles. The smallest absolute Gasteiger partial charge is 0.134 e. The minimum atomic E-state index is 0.255. The summed E-state index contributed by atoms with van der Waals surface area (Å²) >= 11 is 3.62. The summed E-state index contributed by atoms with van der Waals surface area (Å²) < 4.78 is 7.09. The van der Waals surface area contributed by atoms with E-state index in [4.69, 9.17) is 4.42 Å². The zero-order chi connectivity index (χ0) is 12.6. The maximum absolute atomic E-state index is 5.92. The monoisotopic (exact) mass is 295 g/mol. The third-order valence-electron chi connectivity index (χ3n) is 3.14. The van der Waals surface area contributed by atoms with E-state index in [0.717, 1.165) is 17.9 Å². The van der Waals surface area contributed by atoms with Gasteiger partial charge in [-0.15, -0.1) is 0 Å². The Kier molecular flexibility index (Phi) is 3.59. The molecular formula is C14H18BrNO. The quantitative estimate of drug-likeness (QED) is 0.903. The van der Waals surface area contributed by atoms with E-state index in [1.165, 1.54) is 21.0 Å². The van der Waals surface area contributed by atoms with Crippen LogP contribution in [0.15, 0.2) is 21.0 Å². The van der Waals surface area contributed by atoms with Crippen molar-refractivity contribution in [2.45, 2.75) is 33.7 Å². The van der Waals surface area contributed by atoms with Crippen LogP contribution in [-0.2, 0) is 0 Å². The number of benzene rings is 1. The van der Waals surface area contributed by atoms with Crippen LogP contribution in [-0.4, -0.2) is 6.54 Å². The normalized spacial score (nSPS) is 13.2. The second kappa shape index (κ2) is 4.83. The van der Waals surface area contributed by atoms with Crippen LogP contribution >= 0.6 is 15.9 Å². The first-order chi connectivity index (χ1) is 8.04. The summed E-state index contributed by atoms with van der Waals surface area (Å²) in [6, 6.07) is 4.49. The Morgan fingerprint density at radius 3 is 2.71 bits per heavy atom. The van der Waals surface area contributed by atoms with Crippen molar-refractivity contribution in [2.24, 2.45) is 0 Å². The van der Waals surface area contributed by atoms with Crippen LogP contribution in [0.1, 0.15) is 36.8 Å². The number of furan rings is 1. The Morgan fingerprint density at radius 1 is 1.35 bits per heavy atom. The van der Waals surface area contributed by atoms with Gasteiger partial charge in [0.25, 0.3) is 0 Å². The fourth-order valence-corrected chi connectivity index (χ4v) is 2.45. The third-order valence-corrected chi connectivity index (χ3v) is 4.36. The zero-order valence-electron chi connectivity index (χ0n) is 10.7. The lowest BCUT2D eigenvalue weighted by atomic mass is 10.1. The van der Waals surface area contributed by atoms with Gasteiger partial charge in [-0.3, -0.25) is 0 Å². The fourth-order valence-electron chi connectivity index (χ4n) is 2.12. The second-order valence-electron chi connectivity index (χ2n) is 4.47. The number of rotatable bonds is 3. The molecule has 0 aliphatic heterocycles. The minimum absolute atomic E-state index is 0.255. The molecule has 2 nitrogen and oxygen atoms in total. The lowest BCUT2D eigenvalue weighted by molar-refractivity contribution is 0.459. The van der Waals surface area contributed by atoms with Gasteiger partial charge in [-0.2, -0.15) is 0 Å². The highest BCUT2D eigenvalue weighted by Crippen LogP contribution is 2.32. The lowest BCUT2D eigenvalue weighted by Crippen LogP contribution is -2.16. The molecule has 2 aromatic rings. The first-order valence-corrected chi connectivity index (χ1v) is 6.76. The van der Waals surface area contributed by atoms with Gasteiger partial charge >= 0.3 is 0 Å². The maximum atomic E-state index is 5.92. The molecule has 0 spiro atoms. The van der Waals surface area contributed by atoms with Crippen molar-refractivity contribution < 1.29 is 4.42 Å². The van der Waals surface area contributed by atoms with Gasteiger partial charge in [0.2, 0.25) is 0 Å². The van der Waals surface area contributed by atoms with Crippen molar-refractivity contribution in [3.8, 4) is 0 Å². The van der Waals surface area contributed by atoms with Gasteiger partial charge in [-0.05, 0) is 50.6 Å². The average molecular weight is 296 g/mol. The Balaban J connectivity index is 2.54. The van der Waals surface area contributed by atoms with E-state index >= 15 is 0 Å². The van der Waals surface area contributed by atoms with Gasteiger partial charge in [0.05, 0.1) is 6.04 Å². The summed E-state index contributed by atoms with van der Waals surface area (Å²) in [5, 5.41) is 4.56. The summed E-state index contributed by atoms with van der Waals surface area (Å²) in [6.07, 6.45) is 0. The van der Waals surface area contributed by atoms with Crippen molar-refractivity contribution in [3.05, 3.63) is 33.5 Å². The summed E-state index contributed by atoms with van der Waals surface area (Å²) in [7, 11) is 0. The van der Waals surface area contributed by atoms with Crippen molar-refractivity contribution in [2.75, 3.05) is 6.54 Å². The average Bonchev–Trinajstić information content (AvgIpc) is 2.70. The molecule has 0 saturated heterocycles. The highest BCUT2D eigenvalue weighted by molar-refractivity contribution is 9.10.